The zero-order valence-electron chi connectivity index (χ0n) is 32.1. The van der Waals surface area contributed by atoms with E-state index in [1.807, 2.05) is 21.9 Å². The first-order chi connectivity index (χ1) is 25.7. The Bertz CT molecular complexity index is 1450. The highest BCUT2D eigenvalue weighted by molar-refractivity contribution is 6.31. The molecule has 3 rings (SSSR count). The van der Waals surface area contributed by atoms with Gasteiger partial charge in [0.05, 0.1) is 12.7 Å². The van der Waals surface area contributed by atoms with Gasteiger partial charge in [-0.3, -0.25) is 9.59 Å². The first-order valence-corrected chi connectivity index (χ1v) is 19.6. The molecular formula is C38H63ClN8O7. The van der Waals surface area contributed by atoms with Crippen LogP contribution < -0.4 is 16.8 Å². The number of nitrogens with two attached hydrogens (primary N) is 2. The lowest BCUT2D eigenvalue weighted by atomic mass is 9.94. The van der Waals surface area contributed by atoms with E-state index in [0.29, 0.717) is 52.1 Å². The average molecular weight is 779 g/mol. The number of hydrogen-bond donors (Lipinski definition) is 8. The molecule has 54 heavy (non-hydrogen) atoms. The van der Waals surface area contributed by atoms with Crippen LogP contribution in [0.2, 0.25) is 5.15 Å². The molecule has 2 heterocycles. The third-order valence-corrected chi connectivity index (χ3v) is 10.7. The minimum atomic E-state index is -1.68. The molecule has 0 aliphatic carbocycles. The zero-order valence-corrected chi connectivity index (χ0v) is 32.9. The van der Waals surface area contributed by atoms with Crippen LogP contribution >= 0.6 is 11.6 Å². The molecule has 0 radical (unpaired) electrons. The Balaban J connectivity index is 1.53. The lowest BCUT2D eigenvalue weighted by molar-refractivity contribution is -0.133. The van der Waals surface area contributed by atoms with Gasteiger partial charge in [-0.05, 0) is 76.2 Å². The number of amides is 2. The Morgan fingerprint density at radius 2 is 1.63 bits per heavy atom. The maximum atomic E-state index is 13.3. The summed E-state index contributed by atoms with van der Waals surface area (Å²) >= 11 is 6.01. The number of likely N-dealkylation sites (tertiary alicyclic amines) is 1. The molecule has 1 aromatic heterocycles. The summed E-state index contributed by atoms with van der Waals surface area (Å²) in [5.41, 5.74) is 13.9. The van der Waals surface area contributed by atoms with Crippen molar-refractivity contribution in [3.63, 3.8) is 0 Å². The number of benzene rings is 1. The van der Waals surface area contributed by atoms with Crippen LogP contribution in [0.15, 0.2) is 24.3 Å². The molecule has 15 nitrogen and oxygen atoms in total. The summed E-state index contributed by atoms with van der Waals surface area (Å²) in [7, 11) is 2.09. The van der Waals surface area contributed by atoms with Crippen LogP contribution in [0, 0.1) is 12.8 Å². The van der Waals surface area contributed by atoms with Crippen molar-refractivity contribution < 1.29 is 35.1 Å². The maximum Gasteiger partial charge on any atom is 0.273 e. The van der Waals surface area contributed by atoms with E-state index in [2.05, 4.69) is 53.2 Å². The molecule has 304 valence electrons. The number of hydrogen-bond acceptors (Lipinski definition) is 13. The van der Waals surface area contributed by atoms with Gasteiger partial charge in [0, 0.05) is 45.2 Å². The molecular weight excluding hydrogens is 716 g/mol. The van der Waals surface area contributed by atoms with Gasteiger partial charge in [0.2, 0.25) is 5.91 Å². The highest BCUT2D eigenvalue weighted by atomic mass is 35.5. The number of nitrogens with one attached hydrogen (secondary N) is 1. The van der Waals surface area contributed by atoms with E-state index < -0.39 is 36.9 Å². The molecule has 0 bridgehead atoms. The predicted octanol–water partition coefficient (Wildman–Crippen LogP) is 1.21. The van der Waals surface area contributed by atoms with E-state index in [4.69, 9.17) is 28.2 Å². The van der Waals surface area contributed by atoms with Gasteiger partial charge in [-0.25, -0.2) is 9.97 Å². The fourth-order valence-corrected chi connectivity index (χ4v) is 7.12. The number of carbonyl (C=O) groups excluding carboxylic acids is 2. The summed E-state index contributed by atoms with van der Waals surface area (Å²) in [5.74, 6) is -0.465. The summed E-state index contributed by atoms with van der Waals surface area (Å²) < 4.78 is 0. The van der Waals surface area contributed by atoms with Crippen molar-refractivity contribution in [2.24, 2.45) is 5.92 Å². The first-order valence-electron chi connectivity index (χ1n) is 19.2. The minimum absolute atomic E-state index is 0.0401. The SMILES string of the molecule is CCCCCCN(CCCC(=O)N1CCC(N(C)CC(CNC(=O)c2nc(Cl)c(N)nc2N)Cc2ccccc2C)CC1)C[C@H](O)[C@@H](O)[C@H](O)[C@H](O)CO. The van der Waals surface area contributed by atoms with Gasteiger partial charge in [0.1, 0.15) is 18.3 Å². The van der Waals surface area contributed by atoms with Gasteiger partial charge >= 0.3 is 0 Å². The van der Waals surface area contributed by atoms with Crippen molar-refractivity contribution in [1.82, 2.24) is 30.0 Å². The highest BCUT2D eigenvalue weighted by Crippen LogP contribution is 2.22. The fourth-order valence-electron chi connectivity index (χ4n) is 7.00. The summed E-state index contributed by atoms with van der Waals surface area (Å²) in [6.45, 7) is 7.09. The summed E-state index contributed by atoms with van der Waals surface area (Å²) in [4.78, 5) is 40.5. The number of nitrogens with zero attached hydrogens (tertiary/aromatic N) is 5. The highest BCUT2D eigenvalue weighted by Gasteiger charge is 2.31. The van der Waals surface area contributed by atoms with Gasteiger partial charge < -0.3 is 57.0 Å². The number of rotatable bonds is 23. The normalized spacial score (nSPS) is 16.7. The Hall–Kier alpha value is -3.15. The fraction of sp³-hybridized carbons (Fsp3) is 0.684. The van der Waals surface area contributed by atoms with Gasteiger partial charge in [-0.1, -0.05) is 62.1 Å². The van der Waals surface area contributed by atoms with E-state index in [-0.39, 0.29) is 46.9 Å². The number of halogens is 1. The van der Waals surface area contributed by atoms with Crippen LogP contribution in [-0.4, -0.2) is 152 Å². The quantitative estimate of drug-likeness (QED) is 0.0743. The van der Waals surface area contributed by atoms with E-state index in [1.54, 1.807) is 0 Å². The van der Waals surface area contributed by atoms with Crippen LogP contribution in [0.4, 0.5) is 11.6 Å². The van der Waals surface area contributed by atoms with Crippen LogP contribution in [-0.2, 0) is 11.2 Å². The van der Waals surface area contributed by atoms with Gasteiger partial charge in [-0.2, -0.15) is 0 Å². The van der Waals surface area contributed by atoms with Crippen molar-refractivity contribution in [2.45, 2.75) is 102 Å². The second-order valence-corrected chi connectivity index (χ2v) is 15.0. The van der Waals surface area contributed by atoms with Gasteiger partial charge in [-0.15, -0.1) is 0 Å². The van der Waals surface area contributed by atoms with Crippen molar-refractivity contribution in [1.29, 1.82) is 0 Å². The van der Waals surface area contributed by atoms with Crippen LogP contribution in [0.3, 0.4) is 0 Å². The zero-order chi connectivity index (χ0) is 39.8. The van der Waals surface area contributed by atoms with E-state index in [9.17, 15) is 30.0 Å². The molecule has 1 unspecified atom stereocenters. The summed E-state index contributed by atoms with van der Waals surface area (Å²) in [6.07, 6.45) is 1.19. The van der Waals surface area contributed by atoms with Crippen molar-refractivity contribution in [3.05, 3.63) is 46.2 Å². The number of anilines is 2. The van der Waals surface area contributed by atoms with E-state index in [1.165, 1.54) is 11.1 Å². The second kappa shape index (κ2) is 23.0. The number of carbonyl (C=O) groups is 2. The molecule has 0 spiro atoms. The van der Waals surface area contributed by atoms with Crippen molar-refractivity contribution >= 4 is 35.1 Å². The maximum absolute atomic E-state index is 13.3. The third kappa shape index (κ3) is 14.2. The molecule has 1 saturated heterocycles. The molecule has 1 aromatic carbocycles. The third-order valence-electron chi connectivity index (χ3n) is 10.4. The Kier molecular flexibility index (Phi) is 19.3. The molecule has 16 heteroatoms. The summed E-state index contributed by atoms with van der Waals surface area (Å²) in [5, 5.41) is 52.7. The first kappa shape index (κ1) is 45.2. The number of piperidine rings is 1. The molecule has 1 aliphatic heterocycles. The average Bonchev–Trinajstić information content (AvgIpc) is 3.16. The van der Waals surface area contributed by atoms with Crippen LogP contribution in [0.1, 0.15) is 79.9 Å². The molecule has 2 aromatic rings. The number of unbranched alkanes of at least 4 members (excludes halogenated alkanes) is 3. The monoisotopic (exact) mass is 778 g/mol. The predicted molar refractivity (Wildman–Crippen MR) is 210 cm³/mol. The topological polar surface area (TPSA) is 235 Å². The van der Waals surface area contributed by atoms with Crippen LogP contribution in [0.5, 0.6) is 0 Å². The Morgan fingerprint density at radius 3 is 2.30 bits per heavy atom. The molecule has 5 atom stereocenters. The van der Waals surface area contributed by atoms with Crippen LogP contribution in [0.25, 0.3) is 0 Å². The molecule has 0 saturated carbocycles. The van der Waals surface area contributed by atoms with Crippen molar-refractivity contribution in [3.8, 4) is 0 Å². The van der Waals surface area contributed by atoms with E-state index >= 15 is 0 Å². The lowest BCUT2D eigenvalue weighted by Gasteiger charge is -2.38. The smallest absolute Gasteiger partial charge is 0.273 e. The number of aliphatic hydroxyl groups excluding tert-OH is 5. The minimum Gasteiger partial charge on any atom is -0.394 e. The summed E-state index contributed by atoms with van der Waals surface area (Å²) in [6, 6.07) is 8.45. The molecule has 1 aliphatic rings. The number of aryl methyl sites for hydroxylation is 1. The molecule has 10 N–H and O–H groups in total. The Labute approximate surface area is 324 Å². The lowest BCUT2D eigenvalue weighted by Crippen LogP contribution is -2.50. The molecule has 1 fully saturated rings. The number of nitrogen functional groups attached to an aromatic ring is 2. The van der Waals surface area contributed by atoms with Gasteiger partial charge in [0.25, 0.3) is 5.91 Å². The van der Waals surface area contributed by atoms with E-state index in [0.717, 1.165) is 44.9 Å². The van der Waals surface area contributed by atoms with Crippen molar-refractivity contribution in [2.75, 3.05) is 70.9 Å². The molecule has 2 amide bonds. The second-order valence-electron chi connectivity index (χ2n) is 14.7. The standard InChI is InChI=1S/C38H63ClN8O7/c1-4-5-6-9-16-46(23-29(49)33(52)34(53)30(50)24-48)17-10-13-31(51)47-18-14-28(15-19-47)45(3)22-26(20-27-12-8-7-11-25(27)2)21-42-38(54)32-36(40)44-37(41)35(39)43-32/h7-8,11-12,26,28-30,33-34,48-50,52-53H,4-6,9-10,13-24H2,1-3H3,(H,42,54)(H4,40,41,44)/t26?,29-,30+,33+,34+/m0/s1. The van der Waals surface area contributed by atoms with Gasteiger partial charge in [0.15, 0.2) is 22.5 Å². The largest absolute Gasteiger partial charge is 0.394 e. The number of aromatic nitrogens is 2. The Morgan fingerprint density at radius 1 is 0.963 bits per heavy atom. The number of aliphatic hydroxyl groups is 5.